The Balaban J connectivity index is 1.59. The Bertz CT molecular complexity index is 1190. The maximum atomic E-state index is 14.5. The second-order valence-electron chi connectivity index (χ2n) is 8.12. The summed E-state index contributed by atoms with van der Waals surface area (Å²) in [6.07, 6.45) is 6.22. The average Bonchev–Trinajstić information content (AvgIpc) is 3.24. The van der Waals surface area contributed by atoms with E-state index in [1.165, 1.54) is 27.5 Å². The van der Waals surface area contributed by atoms with Crippen LogP contribution in [0, 0.1) is 17.7 Å². The first kappa shape index (κ1) is 18.8. The van der Waals surface area contributed by atoms with Crippen LogP contribution in [0.25, 0.3) is 5.65 Å². The number of hydrogen-bond acceptors (Lipinski definition) is 6. The normalized spacial score (nSPS) is 23.4. The lowest BCUT2D eigenvalue weighted by atomic mass is 10.0. The molecule has 0 radical (unpaired) electrons. The van der Waals surface area contributed by atoms with Crippen molar-refractivity contribution in [1.82, 2.24) is 19.2 Å². The zero-order valence-electron chi connectivity index (χ0n) is 16.7. The number of hydrogen-bond donors (Lipinski definition) is 0. The molecule has 3 unspecified atom stereocenters. The summed E-state index contributed by atoms with van der Waals surface area (Å²) >= 11 is 0. The van der Waals surface area contributed by atoms with Crippen LogP contribution < -0.4 is 15.2 Å². The van der Waals surface area contributed by atoms with Crippen LogP contribution in [0.2, 0.25) is 0 Å². The second-order valence-corrected chi connectivity index (χ2v) is 8.12. The number of aromatic nitrogens is 4. The van der Waals surface area contributed by atoms with Crippen LogP contribution in [0.4, 0.5) is 10.2 Å². The molecule has 1 aliphatic carbocycles. The smallest absolute Gasteiger partial charge is 0.298 e. The molecule has 1 saturated carbocycles. The molecule has 1 saturated heterocycles. The first-order chi connectivity index (χ1) is 14.5. The van der Waals surface area contributed by atoms with E-state index in [-0.39, 0.29) is 23.4 Å². The van der Waals surface area contributed by atoms with E-state index in [4.69, 9.17) is 4.74 Å². The van der Waals surface area contributed by atoms with E-state index < -0.39 is 5.82 Å². The van der Waals surface area contributed by atoms with Crippen molar-refractivity contribution < 1.29 is 13.9 Å². The van der Waals surface area contributed by atoms with E-state index in [9.17, 15) is 14.0 Å². The fourth-order valence-corrected chi connectivity index (χ4v) is 4.56. The van der Waals surface area contributed by atoms with Crippen LogP contribution in [0.5, 0.6) is 5.75 Å². The van der Waals surface area contributed by atoms with Gasteiger partial charge < -0.3 is 14.2 Å². The summed E-state index contributed by atoms with van der Waals surface area (Å²) in [5.41, 5.74) is 0.735. The van der Waals surface area contributed by atoms with Crippen molar-refractivity contribution in [1.29, 1.82) is 0 Å². The van der Waals surface area contributed by atoms with Gasteiger partial charge in [0.05, 0.1) is 12.2 Å². The number of nitrogens with zero attached hydrogens (tertiary/aromatic N) is 5. The van der Waals surface area contributed by atoms with Gasteiger partial charge >= 0.3 is 0 Å². The number of carbonyl (C=O) groups is 1. The summed E-state index contributed by atoms with van der Waals surface area (Å²) in [4.78, 5) is 30.7. The van der Waals surface area contributed by atoms with Crippen molar-refractivity contribution in [3.8, 4) is 5.75 Å². The third-order valence-corrected chi connectivity index (χ3v) is 6.36. The largest absolute Gasteiger partial charge is 0.423 e. The quantitative estimate of drug-likeness (QED) is 0.580. The molecule has 5 rings (SSSR count). The number of rotatable bonds is 6. The van der Waals surface area contributed by atoms with Crippen LogP contribution >= 0.6 is 0 Å². The maximum absolute atomic E-state index is 14.5. The monoisotopic (exact) mass is 411 g/mol. The Morgan fingerprint density at radius 3 is 3.03 bits per heavy atom. The van der Waals surface area contributed by atoms with Gasteiger partial charge in [-0.2, -0.15) is 5.10 Å². The summed E-state index contributed by atoms with van der Waals surface area (Å²) in [5.74, 6) is 1.27. The summed E-state index contributed by atoms with van der Waals surface area (Å²) in [7, 11) is 0. The molecule has 9 heteroatoms. The minimum absolute atomic E-state index is 0.0823. The molecule has 2 fully saturated rings. The molecule has 30 heavy (non-hydrogen) atoms. The van der Waals surface area contributed by atoms with Crippen LogP contribution in [0.15, 0.2) is 35.5 Å². The molecule has 8 nitrogen and oxygen atoms in total. The molecule has 4 heterocycles. The molecule has 0 aromatic carbocycles. The standard InChI is InChI=1S/C21H22FN5O3/c1-3-12(2)25-10-14(22)7-16(21(25)29)19-15-6-13(15)9-26(19)18-4-5-27-20(24-18)17(8-23-27)30-11-28/h4-5,7-8,10-13,15,19H,3,6,9H2,1-2H3/t12-,13?,15?,19?/m0/s1. The van der Waals surface area contributed by atoms with Gasteiger partial charge in [-0.05, 0) is 43.7 Å². The van der Waals surface area contributed by atoms with Gasteiger partial charge in [0.15, 0.2) is 5.75 Å². The number of ether oxygens (including phenoxy) is 1. The fourth-order valence-electron chi connectivity index (χ4n) is 4.56. The fraction of sp³-hybridized carbons (Fsp3) is 0.429. The highest BCUT2D eigenvalue weighted by Gasteiger charge is 2.54. The zero-order chi connectivity index (χ0) is 21.0. The van der Waals surface area contributed by atoms with Crippen molar-refractivity contribution >= 4 is 17.9 Å². The Hall–Kier alpha value is -3.23. The third-order valence-electron chi connectivity index (χ3n) is 6.36. The summed E-state index contributed by atoms with van der Waals surface area (Å²) in [6, 6.07) is 2.87. The number of halogens is 1. The Morgan fingerprint density at radius 2 is 2.27 bits per heavy atom. The Labute approximate surface area is 171 Å². The predicted octanol–water partition coefficient (Wildman–Crippen LogP) is 2.73. The van der Waals surface area contributed by atoms with Gasteiger partial charge in [-0.1, -0.05) is 6.92 Å². The van der Waals surface area contributed by atoms with Gasteiger partial charge in [0.1, 0.15) is 11.6 Å². The van der Waals surface area contributed by atoms with Crippen LogP contribution in [-0.2, 0) is 4.79 Å². The highest BCUT2D eigenvalue weighted by Crippen LogP contribution is 2.56. The topological polar surface area (TPSA) is 81.7 Å². The molecule has 0 amide bonds. The molecule has 1 aliphatic heterocycles. The van der Waals surface area contributed by atoms with Gasteiger partial charge in [-0.15, -0.1) is 0 Å². The zero-order valence-corrected chi connectivity index (χ0v) is 16.7. The van der Waals surface area contributed by atoms with Gasteiger partial charge in [0, 0.05) is 30.5 Å². The maximum Gasteiger partial charge on any atom is 0.298 e. The highest BCUT2D eigenvalue weighted by atomic mass is 19.1. The van der Waals surface area contributed by atoms with Crippen molar-refractivity contribution in [2.45, 2.75) is 38.8 Å². The number of carbonyl (C=O) groups excluding carboxylic acids is 1. The van der Waals surface area contributed by atoms with Gasteiger partial charge in [-0.25, -0.2) is 13.9 Å². The molecule has 2 aliphatic rings. The van der Waals surface area contributed by atoms with Crippen molar-refractivity contribution in [2.75, 3.05) is 11.4 Å². The van der Waals surface area contributed by atoms with E-state index in [2.05, 4.69) is 15.0 Å². The number of anilines is 1. The van der Waals surface area contributed by atoms with E-state index in [1.54, 1.807) is 6.20 Å². The molecule has 0 N–H and O–H groups in total. The molecule has 0 spiro atoms. The highest BCUT2D eigenvalue weighted by molar-refractivity contribution is 5.61. The number of fused-ring (bicyclic) bond motifs is 2. The molecule has 0 bridgehead atoms. The molecular formula is C21H22FN5O3. The van der Waals surface area contributed by atoms with Crippen LogP contribution in [-0.4, -0.2) is 32.2 Å². The van der Waals surface area contributed by atoms with E-state index >= 15 is 0 Å². The minimum atomic E-state index is -0.408. The molecule has 3 aromatic heterocycles. The van der Waals surface area contributed by atoms with Gasteiger partial charge in [0.25, 0.3) is 12.0 Å². The van der Waals surface area contributed by atoms with E-state index in [0.29, 0.717) is 35.3 Å². The van der Waals surface area contributed by atoms with Gasteiger partial charge in [-0.3, -0.25) is 9.59 Å². The van der Waals surface area contributed by atoms with Crippen molar-refractivity contribution in [3.63, 3.8) is 0 Å². The SMILES string of the molecule is CC[C@H](C)n1cc(F)cc(C2C3CC3CN2c2ccn3ncc(OC=O)c3n2)c1=O. The number of piperidine rings is 1. The van der Waals surface area contributed by atoms with Crippen LogP contribution in [0.3, 0.4) is 0 Å². The Morgan fingerprint density at radius 1 is 1.43 bits per heavy atom. The average molecular weight is 411 g/mol. The first-order valence-corrected chi connectivity index (χ1v) is 10.1. The van der Waals surface area contributed by atoms with Crippen molar-refractivity contribution in [2.24, 2.45) is 11.8 Å². The summed E-state index contributed by atoms with van der Waals surface area (Å²) < 4.78 is 22.5. The van der Waals surface area contributed by atoms with Crippen LogP contribution in [0.1, 0.15) is 44.3 Å². The minimum Gasteiger partial charge on any atom is -0.423 e. The molecule has 4 atom stereocenters. The molecular weight excluding hydrogens is 389 g/mol. The first-order valence-electron chi connectivity index (χ1n) is 10.1. The lowest BCUT2D eigenvalue weighted by molar-refractivity contribution is -0.120. The summed E-state index contributed by atoms with van der Waals surface area (Å²) in [5, 5.41) is 4.12. The summed E-state index contributed by atoms with van der Waals surface area (Å²) in [6.45, 7) is 4.98. The Kier molecular flexibility index (Phi) is 4.34. The third kappa shape index (κ3) is 2.88. The van der Waals surface area contributed by atoms with Gasteiger partial charge in [0.2, 0.25) is 5.65 Å². The predicted molar refractivity (Wildman–Crippen MR) is 107 cm³/mol. The lowest BCUT2D eigenvalue weighted by Crippen LogP contribution is -2.35. The molecule has 3 aromatic rings. The lowest BCUT2D eigenvalue weighted by Gasteiger charge is -2.29. The van der Waals surface area contributed by atoms with E-state index in [1.807, 2.05) is 19.9 Å². The second kappa shape index (κ2) is 6.93. The van der Waals surface area contributed by atoms with E-state index in [0.717, 1.165) is 19.4 Å². The number of pyridine rings is 1. The molecule has 156 valence electrons. The van der Waals surface area contributed by atoms with Crippen molar-refractivity contribution in [3.05, 3.63) is 52.5 Å².